The molecule has 1 heterocycles. The number of carbonyl (C=O) groups is 2. The van der Waals surface area contributed by atoms with Crippen molar-refractivity contribution in [2.75, 3.05) is 37.7 Å². The number of fused-ring (bicyclic) bond motifs is 1. The van der Waals surface area contributed by atoms with E-state index >= 15 is 0 Å². The van der Waals surface area contributed by atoms with Crippen LogP contribution in [-0.4, -0.2) is 88.7 Å². The first-order valence-electron chi connectivity index (χ1n) is 17.3. The van der Waals surface area contributed by atoms with Crippen LogP contribution in [0, 0.1) is 5.92 Å². The Morgan fingerprint density at radius 3 is 2.33 bits per heavy atom. The minimum Gasteiger partial charge on any atom is -0.492 e. The molecule has 1 fully saturated rings. The van der Waals surface area contributed by atoms with Gasteiger partial charge < -0.3 is 30.3 Å². The summed E-state index contributed by atoms with van der Waals surface area (Å²) < 4.78 is 11.6. The zero-order valence-corrected chi connectivity index (χ0v) is 29.7. The summed E-state index contributed by atoms with van der Waals surface area (Å²) in [6, 6.07) is 23.9. The molecule has 2 aliphatic rings. The second kappa shape index (κ2) is 17.4. The molecule has 1 aliphatic heterocycles. The predicted molar refractivity (Wildman–Crippen MR) is 194 cm³/mol. The molecule has 1 aliphatic carbocycles. The molecule has 0 bridgehead atoms. The normalized spacial score (nSPS) is 19.7. The zero-order chi connectivity index (χ0) is 34.8. The largest absolute Gasteiger partial charge is 0.492 e. The van der Waals surface area contributed by atoms with Gasteiger partial charge in [-0.25, -0.2) is 4.79 Å². The molecule has 1 saturated heterocycles. The van der Waals surface area contributed by atoms with Gasteiger partial charge in [0.2, 0.25) is 5.91 Å². The van der Waals surface area contributed by atoms with Gasteiger partial charge in [0.05, 0.1) is 24.3 Å². The van der Waals surface area contributed by atoms with Crippen molar-refractivity contribution in [3.8, 4) is 5.75 Å². The van der Waals surface area contributed by atoms with Crippen LogP contribution in [0.3, 0.4) is 0 Å². The maximum atomic E-state index is 14.1. The van der Waals surface area contributed by atoms with Crippen molar-refractivity contribution < 1.29 is 29.3 Å². The number of hydrogen-bond acceptors (Lipinski definition) is 8. The summed E-state index contributed by atoms with van der Waals surface area (Å²) in [7, 11) is 0. The van der Waals surface area contributed by atoms with Crippen LogP contribution in [0.25, 0.3) is 0 Å². The topological polar surface area (TPSA) is 120 Å². The van der Waals surface area contributed by atoms with E-state index in [4.69, 9.17) is 9.47 Å². The van der Waals surface area contributed by atoms with Gasteiger partial charge in [0.25, 0.3) is 0 Å². The molecule has 9 nitrogen and oxygen atoms in total. The second-order valence-electron chi connectivity index (χ2n) is 14.0. The first-order valence-corrected chi connectivity index (χ1v) is 18.5. The molecular weight excluding hydrogens is 639 g/mol. The van der Waals surface area contributed by atoms with Crippen molar-refractivity contribution in [3.05, 3.63) is 101 Å². The highest BCUT2D eigenvalue weighted by Crippen LogP contribution is 2.32. The van der Waals surface area contributed by atoms with E-state index in [1.54, 1.807) is 20.8 Å². The van der Waals surface area contributed by atoms with Crippen molar-refractivity contribution in [2.45, 2.75) is 76.3 Å². The van der Waals surface area contributed by atoms with E-state index in [0.29, 0.717) is 25.9 Å². The fraction of sp³-hybridized carbons (Fsp3) is 0.487. The van der Waals surface area contributed by atoms with Gasteiger partial charge in [-0.2, -0.15) is 11.8 Å². The number of aliphatic hydroxyl groups excluding tert-OH is 2. The van der Waals surface area contributed by atoms with E-state index in [1.807, 2.05) is 90.6 Å². The number of rotatable bonds is 14. The summed E-state index contributed by atoms with van der Waals surface area (Å²) in [6.45, 7) is 9.04. The van der Waals surface area contributed by atoms with Crippen LogP contribution < -0.4 is 15.4 Å². The number of hydrogen-bond donors (Lipinski definition) is 4. The molecule has 2 amide bonds. The van der Waals surface area contributed by atoms with Gasteiger partial charge in [-0.05, 0) is 74.4 Å². The lowest BCUT2D eigenvalue weighted by Gasteiger charge is -2.30. The quantitative estimate of drug-likeness (QED) is 0.188. The number of ether oxygens (including phenoxy) is 2. The Labute approximate surface area is 294 Å². The summed E-state index contributed by atoms with van der Waals surface area (Å²) >= 11 is 1.99. The summed E-state index contributed by atoms with van der Waals surface area (Å²) in [5, 5.41) is 28.6. The van der Waals surface area contributed by atoms with E-state index in [-0.39, 0.29) is 12.3 Å². The molecule has 0 saturated carbocycles. The van der Waals surface area contributed by atoms with Gasteiger partial charge in [-0.15, -0.1) is 0 Å². The van der Waals surface area contributed by atoms with Crippen molar-refractivity contribution in [2.24, 2.45) is 5.92 Å². The van der Waals surface area contributed by atoms with Crippen molar-refractivity contribution in [1.29, 1.82) is 0 Å². The molecular formula is C39H51N3O6S. The van der Waals surface area contributed by atoms with Crippen LogP contribution in [0.15, 0.2) is 78.9 Å². The van der Waals surface area contributed by atoms with Gasteiger partial charge in [-0.3, -0.25) is 9.69 Å². The molecule has 0 spiro atoms. The standard InChI is InChI=1S/C39H51N3O6S/c1-39(2,3)48-38(46)40-33(24-27-9-5-4-6-10-27)34(43)26-30(37(45)41-36-32-12-8-7-11-29(32)25-35(36)44)23-28-13-15-31(16-14-28)47-20-17-42-18-21-49-22-19-42/h4-16,30,33-36,43-44H,17-26H2,1-3H3,(H,40,46)(H,41,45). The maximum absolute atomic E-state index is 14.1. The Kier molecular flexibility index (Phi) is 13.0. The van der Waals surface area contributed by atoms with E-state index in [9.17, 15) is 19.8 Å². The van der Waals surface area contributed by atoms with Gasteiger partial charge in [0.1, 0.15) is 18.0 Å². The van der Waals surface area contributed by atoms with Crippen LogP contribution in [0.1, 0.15) is 55.5 Å². The van der Waals surface area contributed by atoms with Gasteiger partial charge in [0, 0.05) is 43.5 Å². The van der Waals surface area contributed by atoms with Crippen molar-refractivity contribution in [1.82, 2.24) is 15.5 Å². The Morgan fingerprint density at radius 2 is 1.61 bits per heavy atom. The minimum absolute atomic E-state index is 0.0793. The number of thioether (sulfide) groups is 1. The van der Waals surface area contributed by atoms with Gasteiger partial charge in [0.15, 0.2) is 0 Å². The number of benzene rings is 3. The molecule has 5 unspecified atom stereocenters. The molecule has 5 atom stereocenters. The SMILES string of the molecule is CC(C)(C)OC(=O)NC(Cc1ccccc1)C(O)CC(Cc1ccc(OCCN2CCSCC2)cc1)C(=O)NC1c2ccccc2CC1O. The smallest absolute Gasteiger partial charge is 0.407 e. The first kappa shape index (κ1) is 36.7. The Morgan fingerprint density at radius 1 is 0.939 bits per heavy atom. The highest BCUT2D eigenvalue weighted by Gasteiger charge is 2.35. The van der Waals surface area contributed by atoms with Crippen LogP contribution >= 0.6 is 11.8 Å². The van der Waals surface area contributed by atoms with E-state index in [0.717, 1.165) is 59.1 Å². The molecule has 49 heavy (non-hydrogen) atoms. The predicted octanol–water partition coefficient (Wildman–Crippen LogP) is 4.93. The third-order valence-corrected chi connectivity index (χ3v) is 9.99. The number of carbonyl (C=O) groups excluding carboxylic acids is 2. The summed E-state index contributed by atoms with van der Waals surface area (Å²) in [6.07, 6.45) is -1.20. The lowest BCUT2D eigenvalue weighted by molar-refractivity contribution is -0.127. The Bertz CT molecular complexity index is 1490. The van der Waals surface area contributed by atoms with Crippen LogP contribution in [0.2, 0.25) is 0 Å². The zero-order valence-electron chi connectivity index (χ0n) is 28.8. The van der Waals surface area contributed by atoms with Crippen LogP contribution in [0.5, 0.6) is 5.75 Å². The maximum Gasteiger partial charge on any atom is 0.407 e. The fourth-order valence-electron chi connectivity index (χ4n) is 6.49. The van der Waals surface area contributed by atoms with E-state index in [2.05, 4.69) is 15.5 Å². The molecule has 3 aromatic carbocycles. The summed E-state index contributed by atoms with van der Waals surface area (Å²) in [4.78, 5) is 29.4. The number of nitrogens with one attached hydrogen (secondary N) is 2. The molecule has 5 rings (SSSR count). The number of nitrogens with zero attached hydrogens (tertiary/aromatic N) is 1. The Balaban J connectivity index is 1.31. The lowest BCUT2D eigenvalue weighted by Crippen LogP contribution is -2.48. The van der Waals surface area contributed by atoms with Crippen molar-refractivity contribution in [3.63, 3.8) is 0 Å². The molecule has 4 N–H and O–H groups in total. The van der Waals surface area contributed by atoms with Gasteiger partial charge >= 0.3 is 6.09 Å². The van der Waals surface area contributed by atoms with E-state index < -0.39 is 41.9 Å². The Hall–Kier alpha value is -3.57. The second-order valence-corrected chi connectivity index (χ2v) is 15.3. The van der Waals surface area contributed by atoms with E-state index in [1.165, 1.54) is 0 Å². The monoisotopic (exact) mass is 689 g/mol. The fourth-order valence-corrected chi connectivity index (χ4v) is 7.47. The number of aliphatic hydroxyl groups is 2. The first-order chi connectivity index (χ1) is 23.5. The lowest BCUT2D eigenvalue weighted by atomic mass is 9.88. The number of alkyl carbamates (subject to hydrolysis) is 1. The average Bonchev–Trinajstić information content (AvgIpc) is 3.39. The molecule has 0 radical (unpaired) electrons. The highest BCUT2D eigenvalue weighted by molar-refractivity contribution is 7.99. The number of amides is 2. The summed E-state index contributed by atoms with van der Waals surface area (Å²) in [5.41, 5.74) is 3.05. The molecule has 0 aromatic heterocycles. The third kappa shape index (κ3) is 11.2. The average molecular weight is 690 g/mol. The van der Waals surface area contributed by atoms with Crippen molar-refractivity contribution >= 4 is 23.8 Å². The van der Waals surface area contributed by atoms with Crippen LogP contribution in [-0.2, 0) is 28.8 Å². The van der Waals surface area contributed by atoms with Crippen LogP contribution in [0.4, 0.5) is 4.79 Å². The minimum atomic E-state index is -1.07. The highest BCUT2D eigenvalue weighted by atomic mass is 32.2. The molecule has 264 valence electrons. The summed E-state index contributed by atoms with van der Waals surface area (Å²) in [5.74, 6) is 2.17. The molecule has 10 heteroatoms. The third-order valence-electron chi connectivity index (χ3n) is 9.05. The molecule has 3 aromatic rings. The van der Waals surface area contributed by atoms with Gasteiger partial charge in [-0.1, -0.05) is 66.7 Å².